The largest absolute Gasteiger partial charge is 0.496 e. The summed E-state index contributed by atoms with van der Waals surface area (Å²) in [5.41, 5.74) is 4.45. The van der Waals surface area contributed by atoms with Crippen molar-refractivity contribution in [2.24, 2.45) is 0 Å². The Bertz CT molecular complexity index is 884. The van der Waals surface area contributed by atoms with Crippen LogP contribution in [-0.4, -0.2) is 30.2 Å². The zero-order valence-electron chi connectivity index (χ0n) is 15.2. The summed E-state index contributed by atoms with van der Waals surface area (Å²) in [6, 6.07) is 12.4. The average Bonchev–Trinajstić information content (AvgIpc) is 3.18. The van der Waals surface area contributed by atoms with Crippen LogP contribution in [0.3, 0.4) is 0 Å². The highest BCUT2D eigenvalue weighted by molar-refractivity contribution is 7.10. The lowest BCUT2D eigenvalue weighted by Gasteiger charge is -2.32. The fraction of sp³-hybridized carbons (Fsp3) is 0.333. The second kappa shape index (κ2) is 7.46. The zero-order chi connectivity index (χ0) is 17.9. The molecule has 4 nitrogen and oxygen atoms in total. The molecule has 0 bridgehead atoms. The number of hydrogen-bond donors (Lipinski definition) is 0. The average molecular weight is 366 g/mol. The van der Waals surface area contributed by atoms with Crippen LogP contribution in [0.25, 0.3) is 11.3 Å². The molecular weight excluding hydrogens is 342 g/mol. The molecule has 0 radical (unpaired) electrons. The second-order valence-corrected chi connectivity index (χ2v) is 7.58. The van der Waals surface area contributed by atoms with E-state index in [2.05, 4.69) is 33.5 Å². The SMILES string of the molecule is COc1ccccc1-c1csc(C2CCN(c3ccnc(C)c3)CC2)n1. The Kier molecular flexibility index (Phi) is 4.89. The fourth-order valence-electron chi connectivity index (χ4n) is 3.57. The van der Waals surface area contributed by atoms with Gasteiger partial charge < -0.3 is 9.64 Å². The Morgan fingerprint density at radius 1 is 1.15 bits per heavy atom. The van der Waals surface area contributed by atoms with Crippen LogP contribution in [0.2, 0.25) is 0 Å². The first-order valence-corrected chi connectivity index (χ1v) is 9.89. The highest BCUT2D eigenvalue weighted by atomic mass is 32.1. The quantitative estimate of drug-likeness (QED) is 0.659. The van der Waals surface area contributed by atoms with Gasteiger partial charge in [-0.25, -0.2) is 4.98 Å². The highest BCUT2D eigenvalue weighted by Gasteiger charge is 2.24. The standard InChI is InChI=1S/C21H23N3OS/c1-15-13-17(7-10-22-15)24-11-8-16(9-12-24)21-23-19(14-26-21)18-5-3-4-6-20(18)25-2/h3-7,10,13-14,16H,8-9,11-12H2,1-2H3. The van der Waals surface area contributed by atoms with Crippen molar-refractivity contribution in [1.82, 2.24) is 9.97 Å². The van der Waals surface area contributed by atoms with Crippen LogP contribution in [-0.2, 0) is 0 Å². The van der Waals surface area contributed by atoms with E-state index in [1.165, 1.54) is 10.7 Å². The van der Waals surface area contributed by atoms with Crippen molar-refractivity contribution in [2.75, 3.05) is 25.1 Å². The maximum absolute atomic E-state index is 5.48. The van der Waals surface area contributed by atoms with E-state index in [4.69, 9.17) is 9.72 Å². The van der Waals surface area contributed by atoms with E-state index in [0.717, 1.165) is 48.6 Å². The number of benzene rings is 1. The van der Waals surface area contributed by atoms with E-state index >= 15 is 0 Å². The van der Waals surface area contributed by atoms with Gasteiger partial charge in [0.15, 0.2) is 0 Å². The molecule has 5 heteroatoms. The van der Waals surface area contributed by atoms with E-state index in [1.807, 2.05) is 31.3 Å². The summed E-state index contributed by atoms with van der Waals surface area (Å²) in [4.78, 5) is 11.7. The molecule has 0 saturated carbocycles. The molecule has 26 heavy (non-hydrogen) atoms. The van der Waals surface area contributed by atoms with Gasteiger partial charge in [-0.15, -0.1) is 11.3 Å². The topological polar surface area (TPSA) is 38.2 Å². The molecule has 1 saturated heterocycles. The summed E-state index contributed by atoms with van der Waals surface area (Å²) in [6.45, 7) is 4.18. The lowest BCUT2D eigenvalue weighted by molar-refractivity contribution is 0.416. The summed E-state index contributed by atoms with van der Waals surface area (Å²) in [7, 11) is 1.71. The van der Waals surface area contributed by atoms with Crippen LogP contribution < -0.4 is 9.64 Å². The maximum Gasteiger partial charge on any atom is 0.128 e. The second-order valence-electron chi connectivity index (χ2n) is 6.69. The van der Waals surface area contributed by atoms with Crippen LogP contribution in [0, 0.1) is 6.92 Å². The number of thiazole rings is 1. The molecule has 0 aliphatic carbocycles. The van der Waals surface area contributed by atoms with Crippen LogP contribution in [0.15, 0.2) is 48.0 Å². The Morgan fingerprint density at radius 3 is 2.73 bits per heavy atom. The van der Waals surface area contributed by atoms with Gasteiger partial charge in [0.2, 0.25) is 0 Å². The van der Waals surface area contributed by atoms with Gasteiger partial charge in [0, 0.05) is 47.5 Å². The summed E-state index contributed by atoms with van der Waals surface area (Å²) in [5, 5.41) is 3.41. The molecule has 3 heterocycles. The lowest BCUT2D eigenvalue weighted by Crippen LogP contribution is -2.32. The third kappa shape index (κ3) is 3.44. The van der Waals surface area contributed by atoms with Crippen molar-refractivity contribution in [2.45, 2.75) is 25.7 Å². The van der Waals surface area contributed by atoms with Crippen molar-refractivity contribution < 1.29 is 4.74 Å². The van der Waals surface area contributed by atoms with Gasteiger partial charge >= 0.3 is 0 Å². The number of piperidine rings is 1. The maximum atomic E-state index is 5.48. The molecule has 3 aromatic rings. The van der Waals surface area contributed by atoms with E-state index in [-0.39, 0.29) is 0 Å². The third-order valence-electron chi connectivity index (χ3n) is 4.99. The van der Waals surface area contributed by atoms with Gasteiger partial charge in [-0.2, -0.15) is 0 Å². The third-order valence-corrected chi connectivity index (χ3v) is 6.00. The Balaban J connectivity index is 1.46. The van der Waals surface area contributed by atoms with Crippen LogP contribution in [0.5, 0.6) is 5.75 Å². The Labute approximate surface area is 158 Å². The predicted molar refractivity (Wildman–Crippen MR) is 107 cm³/mol. The number of methoxy groups -OCH3 is 1. The molecule has 0 N–H and O–H groups in total. The van der Waals surface area contributed by atoms with Crippen molar-refractivity contribution in [3.8, 4) is 17.0 Å². The minimum absolute atomic E-state index is 0.544. The van der Waals surface area contributed by atoms with Crippen molar-refractivity contribution in [3.05, 3.63) is 58.7 Å². The molecule has 1 fully saturated rings. The summed E-state index contributed by atoms with van der Waals surface area (Å²) in [5.74, 6) is 1.43. The van der Waals surface area contributed by atoms with Crippen molar-refractivity contribution in [3.63, 3.8) is 0 Å². The van der Waals surface area contributed by atoms with E-state index in [1.54, 1.807) is 18.4 Å². The molecule has 0 atom stereocenters. The van der Waals surface area contributed by atoms with Crippen LogP contribution >= 0.6 is 11.3 Å². The first-order valence-electron chi connectivity index (χ1n) is 9.01. The van der Waals surface area contributed by atoms with Gasteiger partial charge in [0.25, 0.3) is 0 Å². The number of aryl methyl sites for hydroxylation is 1. The number of ether oxygens (including phenoxy) is 1. The van der Waals surface area contributed by atoms with E-state index in [0.29, 0.717) is 5.92 Å². The summed E-state index contributed by atoms with van der Waals surface area (Å²) in [6.07, 6.45) is 4.18. The Morgan fingerprint density at radius 2 is 1.96 bits per heavy atom. The van der Waals surface area contributed by atoms with Gasteiger partial charge in [0.05, 0.1) is 17.8 Å². The fourth-order valence-corrected chi connectivity index (χ4v) is 4.56. The number of rotatable bonds is 4. The highest BCUT2D eigenvalue weighted by Crippen LogP contribution is 2.36. The van der Waals surface area contributed by atoms with Gasteiger partial charge in [0.1, 0.15) is 5.75 Å². The van der Waals surface area contributed by atoms with Crippen molar-refractivity contribution >= 4 is 17.0 Å². The smallest absolute Gasteiger partial charge is 0.128 e. The zero-order valence-corrected chi connectivity index (χ0v) is 16.0. The first-order chi connectivity index (χ1) is 12.7. The lowest BCUT2D eigenvalue weighted by atomic mass is 9.97. The molecular formula is C21H23N3OS. The minimum atomic E-state index is 0.544. The molecule has 0 amide bonds. The molecule has 1 aliphatic rings. The molecule has 0 spiro atoms. The molecule has 0 unspecified atom stereocenters. The van der Waals surface area contributed by atoms with E-state index < -0.39 is 0 Å². The van der Waals surface area contributed by atoms with E-state index in [9.17, 15) is 0 Å². The normalized spacial score (nSPS) is 15.2. The monoisotopic (exact) mass is 365 g/mol. The minimum Gasteiger partial charge on any atom is -0.496 e. The van der Waals surface area contributed by atoms with Crippen LogP contribution in [0.1, 0.15) is 29.5 Å². The Hall–Kier alpha value is -2.40. The van der Waals surface area contributed by atoms with Gasteiger partial charge in [-0.05, 0) is 44.0 Å². The number of nitrogens with zero attached hydrogens (tertiary/aromatic N) is 3. The van der Waals surface area contributed by atoms with Crippen LogP contribution in [0.4, 0.5) is 5.69 Å². The summed E-state index contributed by atoms with van der Waals surface area (Å²) < 4.78 is 5.48. The molecule has 2 aromatic heterocycles. The number of pyridine rings is 1. The first kappa shape index (κ1) is 17.0. The number of para-hydroxylation sites is 1. The number of hydrogen-bond acceptors (Lipinski definition) is 5. The predicted octanol–water partition coefficient (Wildman–Crippen LogP) is 4.91. The number of anilines is 1. The number of aromatic nitrogens is 2. The molecule has 1 aromatic carbocycles. The molecule has 134 valence electrons. The van der Waals surface area contributed by atoms with Gasteiger partial charge in [-0.3, -0.25) is 4.98 Å². The summed E-state index contributed by atoms with van der Waals surface area (Å²) >= 11 is 1.77. The molecule has 1 aliphatic heterocycles. The van der Waals surface area contributed by atoms with Crippen molar-refractivity contribution in [1.29, 1.82) is 0 Å². The molecule has 4 rings (SSSR count). The van der Waals surface area contributed by atoms with Gasteiger partial charge in [-0.1, -0.05) is 12.1 Å².